The maximum atomic E-state index is 11.8. The Labute approximate surface area is 152 Å². The van der Waals surface area contributed by atoms with Crippen LogP contribution in [0.25, 0.3) is 11.5 Å². The van der Waals surface area contributed by atoms with Crippen LogP contribution in [0.5, 0.6) is 0 Å². The predicted molar refractivity (Wildman–Crippen MR) is 90.8 cm³/mol. The first kappa shape index (κ1) is 17.3. The summed E-state index contributed by atoms with van der Waals surface area (Å²) in [5, 5.41) is 6.79. The van der Waals surface area contributed by atoms with Gasteiger partial charge in [0.05, 0.1) is 6.20 Å². The van der Waals surface area contributed by atoms with Crippen LogP contribution in [0.3, 0.4) is 0 Å². The second-order valence-corrected chi connectivity index (χ2v) is 5.35. The quantitative estimate of drug-likeness (QED) is 0.591. The largest absolute Gasteiger partial charge is 0.338 e. The predicted octanol–water partition coefficient (Wildman–Crippen LogP) is 1.58. The smallest absolute Gasteiger partial charge is 0.337 e. The van der Waals surface area contributed by atoms with E-state index < -0.39 is 11.9 Å². The fraction of sp³-hybridized carbons (Fsp3) is 0.0667. The van der Waals surface area contributed by atoms with E-state index in [9.17, 15) is 9.59 Å². The van der Waals surface area contributed by atoms with Gasteiger partial charge in [0.1, 0.15) is 12.1 Å². The first-order chi connectivity index (χ1) is 12.6. The second-order valence-electron chi connectivity index (χ2n) is 4.91. The Hall–Kier alpha value is -3.53. The van der Waals surface area contributed by atoms with E-state index in [1.54, 1.807) is 24.3 Å². The van der Waals surface area contributed by atoms with Gasteiger partial charge < -0.3 is 9.84 Å². The Morgan fingerprint density at radius 2 is 1.92 bits per heavy atom. The van der Waals surface area contributed by atoms with Crippen LogP contribution in [-0.4, -0.2) is 32.0 Å². The summed E-state index contributed by atoms with van der Waals surface area (Å²) in [7, 11) is 0. The summed E-state index contributed by atoms with van der Waals surface area (Å²) in [4.78, 5) is 35.5. The molecule has 26 heavy (non-hydrogen) atoms. The first-order valence-corrected chi connectivity index (χ1v) is 7.68. The number of urea groups is 1. The maximum absolute atomic E-state index is 11.8. The molecule has 0 saturated carbocycles. The van der Waals surface area contributed by atoms with Crippen molar-refractivity contribution in [2.45, 2.75) is 6.42 Å². The lowest BCUT2D eigenvalue weighted by Gasteiger charge is -2.08. The molecule has 3 rings (SSSR count). The Morgan fingerprint density at radius 3 is 2.65 bits per heavy atom. The Morgan fingerprint density at radius 1 is 1.12 bits per heavy atom. The van der Waals surface area contributed by atoms with Gasteiger partial charge in [0.15, 0.2) is 0 Å². The van der Waals surface area contributed by atoms with E-state index in [0.717, 1.165) is 0 Å². The van der Waals surface area contributed by atoms with Gasteiger partial charge in [-0.3, -0.25) is 15.2 Å². The number of amides is 3. The molecule has 0 bridgehead atoms. The summed E-state index contributed by atoms with van der Waals surface area (Å²) >= 11 is 5.76. The molecular weight excluding hydrogens is 362 g/mol. The average Bonchev–Trinajstić information content (AvgIpc) is 3.11. The Kier molecular flexibility index (Phi) is 5.34. The van der Waals surface area contributed by atoms with Crippen molar-refractivity contribution in [1.29, 1.82) is 0 Å². The van der Waals surface area contributed by atoms with Gasteiger partial charge in [0.25, 0.3) is 0 Å². The van der Waals surface area contributed by atoms with Crippen molar-refractivity contribution >= 4 is 29.2 Å². The van der Waals surface area contributed by atoms with E-state index in [-0.39, 0.29) is 18.1 Å². The zero-order valence-electron chi connectivity index (χ0n) is 13.1. The normalized spacial score (nSPS) is 10.2. The molecule has 3 amide bonds. The fourth-order valence-electron chi connectivity index (χ4n) is 1.85. The number of hydrogen-bond donors (Lipinski definition) is 3. The first-order valence-electron chi connectivity index (χ1n) is 7.30. The number of carbonyl (C=O) groups excluding carboxylic acids is 2. The Bertz CT molecular complexity index is 899. The molecule has 0 fully saturated rings. The third-order valence-corrected chi connectivity index (χ3v) is 3.24. The minimum Gasteiger partial charge on any atom is -0.338 e. The lowest BCUT2D eigenvalue weighted by atomic mass is 10.3. The number of hydrazine groups is 1. The third-order valence-electron chi connectivity index (χ3n) is 2.99. The zero-order chi connectivity index (χ0) is 18.4. The highest BCUT2D eigenvalue weighted by Crippen LogP contribution is 2.13. The zero-order valence-corrected chi connectivity index (χ0v) is 13.9. The van der Waals surface area contributed by atoms with Gasteiger partial charge in [0.2, 0.25) is 17.6 Å². The van der Waals surface area contributed by atoms with Crippen molar-refractivity contribution in [3.8, 4) is 11.5 Å². The molecule has 2 heterocycles. The van der Waals surface area contributed by atoms with Crippen molar-refractivity contribution in [2.24, 2.45) is 0 Å². The minimum atomic E-state index is -0.619. The van der Waals surface area contributed by atoms with Gasteiger partial charge in [-0.05, 0) is 24.3 Å². The van der Waals surface area contributed by atoms with E-state index >= 15 is 0 Å². The molecular formula is C15H12ClN7O3. The van der Waals surface area contributed by atoms with Crippen molar-refractivity contribution < 1.29 is 14.1 Å². The van der Waals surface area contributed by atoms with E-state index in [0.29, 0.717) is 16.4 Å². The molecule has 1 aromatic carbocycles. The Balaban J connectivity index is 1.47. The number of hydrogen-bond acceptors (Lipinski definition) is 7. The van der Waals surface area contributed by atoms with E-state index in [4.69, 9.17) is 16.1 Å². The van der Waals surface area contributed by atoms with Gasteiger partial charge in [-0.15, -0.1) is 0 Å². The molecule has 132 valence electrons. The van der Waals surface area contributed by atoms with E-state index in [1.807, 2.05) is 0 Å². The molecule has 0 spiro atoms. The SMILES string of the molecule is O=C(Cc1nc(-c2cnccn2)no1)NNC(=O)Nc1ccc(Cl)cc1. The van der Waals surface area contributed by atoms with Crippen LogP contribution in [0.1, 0.15) is 5.89 Å². The minimum absolute atomic E-state index is 0.0723. The topological polar surface area (TPSA) is 135 Å². The molecule has 3 aromatic rings. The molecule has 2 aromatic heterocycles. The van der Waals surface area contributed by atoms with Crippen molar-refractivity contribution in [3.05, 3.63) is 53.8 Å². The molecule has 0 unspecified atom stereocenters. The standard InChI is InChI=1S/C15H12ClN7O3/c16-9-1-3-10(4-2-9)19-15(25)22-21-12(24)7-13-20-14(23-26-13)11-8-17-5-6-18-11/h1-6,8H,7H2,(H,21,24)(H2,19,22,25). The molecule has 3 N–H and O–H groups in total. The van der Waals surface area contributed by atoms with Crippen molar-refractivity contribution in [2.75, 3.05) is 5.32 Å². The number of nitrogens with zero attached hydrogens (tertiary/aromatic N) is 4. The van der Waals surface area contributed by atoms with Crippen LogP contribution in [0.15, 0.2) is 47.4 Å². The molecule has 0 aliphatic rings. The highest BCUT2D eigenvalue weighted by molar-refractivity contribution is 6.30. The number of rotatable bonds is 4. The number of benzene rings is 1. The van der Waals surface area contributed by atoms with Crippen molar-refractivity contribution in [3.63, 3.8) is 0 Å². The van der Waals surface area contributed by atoms with Gasteiger partial charge in [-0.1, -0.05) is 16.8 Å². The van der Waals surface area contributed by atoms with Crippen LogP contribution in [0.2, 0.25) is 5.02 Å². The van der Waals surface area contributed by atoms with Gasteiger partial charge in [-0.25, -0.2) is 15.2 Å². The number of carbonyl (C=O) groups is 2. The summed E-state index contributed by atoms with van der Waals surface area (Å²) < 4.78 is 4.97. The van der Waals surface area contributed by atoms with Gasteiger partial charge >= 0.3 is 6.03 Å². The molecule has 0 saturated heterocycles. The van der Waals surface area contributed by atoms with E-state index in [2.05, 4.69) is 36.3 Å². The highest BCUT2D eigenvalue weighted by atomic mass is 35.5. The maximum Gasteiger partial charge on any atom is 0.337 e. The fourth-order valence-corrected chi connectivity index (χ4v) is 1.97. The van der Waals surface area contributed by atoms with Crippen LogP contribution in [0.4, 0.5) is 10.5 Å². The molecule has 0 aliphatic heterocycles. The summed E-state index contributed by atoms with van der Waals surface area (Å²) in [5.41, 5.74) is 5.38. The summed E-state index contributed by atoms with van der Waals surface area (Å²) in [5.74, 6) is -0.247. The molecule has 10 nitrogen and oxygen atoms in total. The second kappa shape index (κ2) is 8.03. The van der Waals surface area contributed by atoms with Gasteiger partial charge in [0, 0.05) is 23.1 Å². The van der Waals surface area contributed by atoms with Crippen LogP contribution in [-0.2, 0) is 11.2 Å². The number of aromatic nitrogens is 4. The molecule has 11 heteroatoms. The summed E-state index contributed by atoms with van der Waals surface area (Å²) in [6.07, 6.45) is 4.26. The number of nitrogens with one attached hydrogen (secondary N) is 3. The van der Waals surface area contributed by atoms with E-state index in [1.165, 1.54) is 18.6 Å². The number of anilines is 1. The summed E-state index contributed by atoms with van der Waals surface area (Å²) in [6.45, 7) is 0. The van der Waals surface area contributed by atoms with Gasteiger partial charge in [-0.2, -0.15) is 4.98 Å². The third kappa shape index (κ3) is 4.74. The lowest BCUT2D eigenvalue weighted by molar-refractivity contribution is -0.121. The molecule has 0 atom stereocenters. The monoisotopic (exact) mass is 373 g/mol. The highest BCUT2D eigenvalue weighted by Gasteiger charge is 2.14. The summed E-state index contributed by atoms with van der Waals surface area (Å²) in [6, 6.07) is 5.87. The molecule has 0 radical (unpaired) electrons. The average molecular weight is 374 g/mol. The lowest BCUT2D eigenvalue weighted by Crippen LogP contribution is -2.44. The van der Waals surface area contributed by atoms with Crippen molar-refractivity contribution in [1.82, 2.24) is 31.0 Å². The van der Waals surface area contributed by atoms with Crippen LogP contribution in [0, 0.1) is 0 Å². The van der Waals surface area contributed by atoms with Crippen LogP contribution < -0.4 is 16.2 Å². The molecule has 0 aliphatic carbocycles. The van der Waals surface area contributed by atoms with Crippen LogP contribution >= 0.6 is 11.6 Å². The number of halogens is 1.